The zero-order chi connectivity index (χ0) is 10.8. The molecule has 0 spiro atoms. The van der Waals surface area contributed by atoms with E-state index in [1.54, 1.807) is 0 Å². The maximum absolute atomic E-state index is 5.61. The van der Waals surface area contributed by atoms with Crippen molar-refractivity contribution in [3.8, 4) is 0 Å². The fourth-order valence-electron chi connectivity index (χ4n) is 2.27. The minimum atomic E-state index is 0.392. The second kappa shape index (κ2) is 4.33. The SMILES string of the molecule is CCc1oc(CN)nc1C1CCCN1C. The van der Waals surface area contributed by atoms with Crippen molar-refractivity contribution in [1.82, 2.24) is 9.88 Å². The second-order valence-electron chi connectivity index (χ2n) is 4.11. The fraction of sp³-hybridized carbons (Fsp3) is 0.727. The zero-order valence-corrected chi connectivity index (χ0v) is 9.49. The molecular formula is C11H19N3O. The highest BCUT2D eigenvalue weighted by Gasteiger charge is 2.28. The third-order valence-electron chi connectivity index (χ3n) is 3.10. The van der Waals surface area contributed by atoms with Crippen LogP contribution in [0.15, 0.2) is 4.42 Å². The first-order chi connectivity index (χ1) is 7.26. The van der Waals surface area contributed by atoms with Crippen LogP contribution in [0.4, 0.5) is 0 Å². The Labute approximate surface area is 90.5 Å². The third-order valence-corrected chi connectivity index (χ3v) is 3.10. The molecule has 0 aromatic carbocycles. The lowest BCUT2D eigenvalue weighted by atomic mass is 10.1. The van der Waals surface area contributed by atoms with Gasteiger partial charge in [-0.1, -0.05) is 6.92 Å². The van der Waals surface area contributed by atoms with Gasteiger partial charge < -0.3 is 10.2 Å². The first-order valence-corrected chi connectivity index (χ1v) is 5.65. The Morgan fingerprint density at radius 3 is 2.93 bits per heavy atom. The summed E-state index contributed by atoms with van der Waals surface area (Å²) in [5, 5.41) is 0. The van der Waals surface area contributed by atoms with Crippen LogP contribution in [0.2, 0.25) is 0 Å². The van der Waals surface area contributed by atoms with Gasteiger partial charge in [0.1, 0.15) is 5.76 Å². The minimum Gasteiger partial charge on any atom is -0.444 e. The number of hydrogen-bond acceptors (Lipinski definition) is 4. The molecule has 84 valence electrons. The molecule has 0 radical (unpaired) electrons. The summed E-state index contributed by atoms with van der Waals surface area (Å²) >= 11 is 0. The Hall–Kier alpha value is -0.870. The average molecular weight is 209 g/mol. The summed E-state index contributed by atoms with van der Waals surface area (Å²) in [6.45, 7) is 3.64. The molecule has 0 bridgehead atoms. The van der Waals surface area contributed by atoms with Gasteiger partial charge in [0.05, 0.1) is 18.3 Å². The van der Waals surface area contributed by atoms with Gasteiger partial charge in [-0.15, -0.1) is 0 Å². The maximum atomic E-state index is 5.61. The summed E-state index contributed by atoms with van der Waals surface area (Å²) in [6.07, 6.45) is 3.32. The van der Waals surface area contributed by atoms with Gasteiger partial charge in [-0.25, -0.2) is 4.98 Å². The van der Waals surface area contributed by atoms with Gasteiger partial charge in [-0.05, 0) is 26.4 Å². The largest absolute Gasteiger partial charge is 0.444 e. The van der Waals surface area contributed by atoms with Crippen LogP contribution in [0.3, 0.4) is 0 Å². The smallest absolute Gasteiger partial charge is 0.208 e. The lowest BCUT2D eigenvalue weighted by Gasteiger charge is -2.17. The van der Waals surface area contributed by atoms with Gasteiger partial charge in [-0.3, -0.25) is 4.90 Å². The van der Waals surface area contributed by atoms with E-state index in [0.717, 1.165) is 24.4 Å². The number of hydrogen-bond donors (Lipinski definition) is 1. The predicted molar refractivity (Wildman–Crippen MR) is 58.4 cm³/mol. The van der Waals surface area contributed by atoms with E-state index in [4.69, 9.17) is 10.2 Å². The topological polar surface area (TPSA) is 55.3 Å². The zero-order valence-electron chi connectivity index (χ0n) is 9.49. The standard InChI is InChI=1S/C11H19N3O/c1-3-9-11(13-10(7-12)15-9)8-5-4-6-14(8)2/h8H,3-7,12H2,1-2H3. The van der Waals surface area contributed by atoms with E-state index in [1.807, 2.05) is 0 Å². The Kier molecular flexibility index (Phi) is 3.07. The first kappa shape index (κ1) is 10.6. The van der Waals surface area contributed by atoms with Crippen molar-refractivity contribution >= 4 is 0 Å². The molecule has 1 saturated heterocycles. The van der Waals surface area contributed by atoms with Crippen molar-refractivity contribution in [2.75, 3.05) is 13.6 Å². The van der Waals surface area contributed by atoms with Gasteiger partial charge >= 0.3 is 0 Å². The number of nitrogens with two attached hydrogens (primary N) is 1. The Bertz CT molecular complexity index is 335. The van der Waals surface area contributed by atoms with Crippen molar-refractivity contribution in [2.24, 2.45) is 5.73 Å². The molecule has 4 heteroatoms. The fourth-order valence-corrected chi connectivity index (χ4v) is 2.27. The molecule has 2 N–H and O–H groups in total. The van der Waals surface area contributed by atoms with E-state index in [9.17, 15) is 0 Å². The lowest BCUT2D eigenvalue weighted by Crippen LogP contribution is -2.18. The number of rotatable bonds is 3. The molecule has 15 heavy (non-hydrogen) atoms. The molecule has 2 rings (SSSR count). The molecule has 1 atom stereocenters. The highest BCUT2D eigenvalue weighted by Crippen LogP contribution is 2.32. The number of oxazole rings is 1. The summed E-state index contributed by atoms with van der Waals surface area (Å²) in [4.78, 5) is 6.84. The van der Waals surface area contributed by atoms with Gasteiger partial charge in [-0.2, -0.15) is 0 Å². The van der Waals surface area contributed by atoms with Crippen LogP contribution in [0.25, 0.3) is 0 Å². The van der Waals surface area contributed by atoms with E-state index >= 15 is 0 Å². The molecule has 1 aliphatic rings. The van der Waals surface area contributed by atoms with Crippen molar-refractivity contribution in [3.63, 3.8) is 0 Å². The monoisotopic (exact) mass is 209 g/mol. The molecule has 0 aliphatic carbocycles. The van der Waals surface area contributed by atoms with E-state index in [-0.39, 0.29) is 0 Å². The van der Waals surface area contributed by atoms with Crippen LogP contribution >= 0.6 is 0 Å². The Balaban J connectivity index is 2.29. The molecule has 4 nitrogen and oxygen atoms in total. The summed E-state index contributed by atoms with van der Waals surface area (Å²) in [5.41, 5.74) is 6.66. The summed E-state index contributed by atoms with van der Waals surface area (Å²) in [6, 6.07) is 0.434. The maximum Gasteiger partial charge on any atom is 0.208 e. The number of aromatic nitrogens is 1. The summed E-state index contributed by atoms with van der Waals surface area (Å²) in [5.74, 6) is 1.68. The normalized spacial score (nSPS) is 22.5. The van der Waals surface area contributed by atoms with Gasteiger partial charge in [0, 0.05) is 6.42 Å². The second-order valence-corrected chi connectivity index (χ2v) is 4.11. The molecule has 0 amide bonds. The highest BCUT2D eigenvalue weighted by molar-refractivity contribution is 5.16. The third kappa shape index (κ3) is 1.92. The quantitative estimate of drug-likeness (QED) is 0.819. The number of likely N-dealkylation sites (tertiary alicyclic amines) is 1. The van der Waals surface area contributed by atoms with Crippen LogP contribution in [0.5, 0.6) is 0 Å². The molecule has 1 fully saturated rings. The Morgan fingerprint density at radius 2 is 2.40 bits per heavy atom. The summed E-state index contributed by atoms with van der Waals surface area (Å²) < 4.78 is 5.61. The predicted octanol–water partition coefficient (Wildman–Crippen LogP) is 1.46. The molecule has 1 aromatic heterocycles. The molecule has 2 heterocycles. The van der Waals surface area contributed by atoms with Crippen molar-refractivity contribution in [2.45, 2.75) is 38.8 Å². The van der Waals surface area contributed by atoms with Crippen LogP contribution in [0, 0.1) is 0 Å². The van der Waals surface area contributed by atoms with Crippen molar-refractivity contribution in [1.29, 1.82) is 0 Å². The van der Waals surface area contributed by atoms with Gasteiger partial charge in [0.2, 0.25) is 5.89 Å². The summed E-state index contributed by atoms with van der Waals surface area (Å²) in [7, 11) is 2.15. The van der Waals surface area contributed by atoms with E-state index in [1.165, 1.54) is 12.8 Å². The minimum absolute atomic E-state index is 0.392. The van der Waals surface area contributed by atoms with Crippen LogP contribution in [0.1, 0.15) is 43.2 Å². The molecule has 1 aromatic rings. The molecule has 0 saturated carbocycles. The Morgan fingerprint density at radius 1 is 1.60 bits per heavy atom. The van der Waals surface area contributed by atoms with Crippen molar-refractivity contribution in [3.05, 3.63) is 17.3 Å². The van der Waals surface area contributed by atoms with Crippen LogP contribution < -0.4 is 5.73 Å². The van der Waals surface area contributed by atoms with Crippen LogP contribution in [-0.4, -0.2) is 23.5 Å². The highest BCUT2D eigenvalue weighted by atomic mass is 16.4. The average Bonchev–Trinajstić information content (AvgIpc) is 2.82. The van der Waals surface area contributed by atoms with Crippen molar-refractivity contribution < 1.29 is 4.42 Å². The lowest BCUT2D eigenvalue weighted by molar-refractivity contribution is 0.308. The number of nitrogens with zero attached hydrogens (tertiary/aromatic N) is 2. The molecular weight excluding hydrogens is 190 g/mol. The molecule has 1 unspecified atom stereocenters. The first-order valence-electron chi connectivity index (χ1n) is 5.65. The van der Waals surface area contributed by atoms with E-state index < -0.39 is 0 Å². The van der Waals surface area contributed by atoms with E-state index in [2.05, 4.69) is 23.9 Å². The van der Waals surface area contributed by atoms with Gasteiger partial charge in [0.15, 0.2) is 0 Å². The molecule has 1 aliphatic heterocycles. The van der Waals surface area contributed by atoms with Crippen LogP contribution in [-0.2, 0) is 13.0 Å². The number of aryl methyl sites for hydroxylation is 1. The van der Waals surface area contributed by atoms with E-state index in [0.29, 0.717) is 18.5 Å². The van der Waals surface area contributed by atoms with Gasteiger partial charge in [0.25, 0.3) is 0 Å².